The zero-order chi connectivity index (χ0) is 61.3. The summed E-state index contributed by atoms with van der Waals surface area (Å²) in [6, 6.07) is 128. The summed E-state index contributed by atoms with van der Waals surface area (Å²) in [5.74, 6) is 0. The fourth-order valence-electron chi connectivity index (χ4n) is 14.9. The number of hydrogen-bond acceptors (Lipinski definition) is 3. The van der Waals surface area contributed by atoms with Crippen LogP contribution < -0.4 is 14.7 Å². The highest BCUT2D eigenvalue weighted by atomic mass is 15.2. The molecule has 0 radical (unpaired) electrons. The summed E-state index contributed by atoms with van der Waals surface area (Å²) in [5.41, 5.74) is 21.2. The standard InChI is InChI=1S/C89H63N3/c1-89(2)79-48-22-18-47-73(79)75-58-77-78(59-80(75)89)87(91(85-53-27-39-64-36-13-16-42-71(64)85)83-50-24-20-45-69(83)61-31-8-4-9-32-61)74-56-55-66(90(82-52-26-38-63-35-12-15-41-68(63)82)81-49-23-19-44-67(81)60-29-6-3-7-30-60)57-76(74)88(77)92(86-54-28-40-65-37-14-17-43-72(65)86)84-51-25-21-46-70(84)62-33-10-5-11-34-62/h3-59H,1-2H3. The van der Waals surface area contributed by atoms with Crippen molar-refractivity contribution in [1.29, 1.82) is 0 Å². The Kier molecular flexibility index (Phi) is 13.2. The topological polar surface area (TPSA) is 9.72 Å². The molecular formula is C89H63N3. The third-order valence-electron chi connectivity index (χ3n) is 19.2. The number of anilines is 9. The minimum absolute atomic E-state index is 0.330. The van der Waals surface area contributed by atoms with Crippen molar-refractivity contribution < 1.29 is 0 Å². The van der Waals surface area contributed by atoms with E-state index < -0.39 is 0 Å². The molecule has 0 saturated carbocycles. The van der Waals surface area contributed by atoms with E-state index in [9.17, 15) is 0 Å². The van der Waals surface area contributed by atoms with E-state index in [0.717, 1.165) is 128 Å². The van der Waals surface area contributed by atoms with Crippen molar-refractivity contribution in [2.24, 2.45) is 0 Å². The monoisotopic (exact) mass is 1170 g/mol. The molecule has 0 N–H and O–H groups in total. The molecule has 16 aromatic rings. The molecule has 1 aliphatic carbocycles. The van der Waals surface area contributed by atoms with Gasteiger partial charge in [-0.3, -0.25) is 0 Å². The molecule has 0 aromatic heterocycles. The first-order valence-corrected chi connectivity index (χ1v) is 31.9. The summed E-state index contributed by atoms with van der Waals surface area (Å²) in [4.78, 5) is 7.77. The Bertz CT molecular complexity index is 5500. The van der Waals surface area contributed by atoms with Gasteiger partial charge in [-0.15, -0.1) is 0 Å². The smallest absolute Gasteiger partial charge is 0.0621 e. The SMILES string of the molecule is CC1(C)c2ccccc2-c2cc3c(N(c4ccccc4-c4ccccc4)c4cccc5ccccc45)c4cc(N(c5ccccc5-c5ccccc5)c5cccc6ccccc56)ccc4c(N(c4ccccc4-c4ccccc4)c4cccc5ccccc45)c3cc21. The van der Waals surface area contributed by atoms with Gasteiger partial charge >= 0.3 is 0 Å². The van der Waals surface area contributed by atoms with Crippen LogP contribution in [-0.4, -0.2) is 0 Å². The highest BCUT2D eigenvalue weighted by Gasteiger charge is 2.38. The fourth-order valence-corrected chi connectivity index (χ4v) is 14.9. The Hall–Kier alpha value is -11.8. The van der Waals surface area contributed by atoms with Gasteiger partial charge in [0.05, 0.1) is 45.5 Å². The summed E-state index contributed by atoms with van der Waals surface area (Å²) in [6.45, 7) is 4.83. The average molecular weight is 1170 g/mol. The highest BCUT2D eigenvalue weighted by molar-refractivity contribution is 6.27. The van der Waals surface area contributed by atoms with Gasteiger partial charge < -0.3 is 14.7 Å². The van der Waals surface area contributed by atoms with E-state index in [-0.39, 0.29) is 5.41 Å². The van der Waals surface area contributed by atoms with E-state index in [1.54, 1.807) is 0 Å². The van der Waals surface area contributed by atoms with Crippen LogP contribution in [0.1, 0.15) is 25.0 Å². The summed E-state index contributed by atoms with van der Waals surface area (Å²) >= 11 is 0. The van der Waals surface area contributed by atoms with Crippen molar-refractivity contribution in [3.05, 3.63) is 357 Å². The molecule has 0 saturated heterocycles. The lowest BCUT2D eigenvalue weighted by Crippen LogP contribution is -2.18. The molecule has 434 valence electrons. The first-order valence-electron chi connectivity index (χ1n) is 31.9. The Balaban J connectivity index is 1.11. The fraction of sp³-hybridized carbons (Fsp3) is 0.0337. The predicted molar refractivity (Wildman–Crippen MR) is 392 cm³/mol. The van der Waals surface area contributed by atoms with Gasteiger partial charge in [0.25, 0.3) is 0 Å². The van der Waals surface area contributed by atoms with Crippen LogP contribution in [0.2, 0.25) is 0 Å². The Morgan fingerprint density at radius 2 is 0.543 bits per heavy atom. The van der Waals surface area contributed by atoms with Crippen LogP contribution in [0.4, 0.5) is 51.2 Å². The second-order valence-electron chi connectivity index (χ2n) is 24.7. The third kappa shape index (κ3) is 8.96. The summed E-state index contributed by atoms with van der Waals surface area (Å²) < 4.78 is 0. The summed E-state index contributed by atoms with van der Waals surface area (Å²) in [5, 5.41) is 11.4. The van der Waals surface area contributed by atoms with E-state index in [1.807, 2.05) is 0 Å². The number of fused-ring (bicyclic) bond motifs is 8. The molecule has 0 aliphatic heterocycles. The van der Waals surface area contributed by atoms with Gasteiger partial charge in [0.1, 0.15) is 0 Å². The van der Waals surface area contributed by atoms with Gasteiger partial charge in [-0.2, -0.15) is 0 Å². The second-order valence-corrected chi connectivity index (χ2v) is 24.7. The van der Waals surface area contributed by atoms with E-state index >= 15 is 0 Å². The molecule has 0 bridgehead atoms. The molecule has 3 heteroatoms. The van der Waals surface area contributed by atoms with E-state index in [1.165, 1.54) is 33.0 Å². The lowest BCUT2D eigenvalue weighted by molar-refractivity contribution is 0.661. The number of hydrogen-bond donors (Lipinski definition) is 0. The van der Waals surface area contributed by atoms with Crippen molar-refractivity contribution in [3.63, 3.8) is 0 Å². The lowest BCUT2D eigenvalue weighted by atomic mass is 9.81. The molecule has 3 nitrogen and oxygen atoms in total. The first-order chi connectivity index (χ1) is 45.5. The van der Waals surface area contributed by atoms with Gasteiger partial charge in [-0.25, -0.2) is 0 Å². The van der Waals surface area contributed by atoms with E-state index in [0.29, 0.717) is 0 Å². The molecule has 0 spiro atoms. The van der Waals surface area contributed by atoms with Crippen molar-refractivity contribution in [2.75, 3.05) is 14.7 Å². The van der Waals surface area contributed by atoms with Crippen LogP contribution in [0.5, 0.6) is 0 Å². The molecular weight excluding hydrogens is 1110 g/mol. The molecule has 1 aliphatic rings. The number of nitrogens with zero attached hydrogens (tertiary/aromatic N) is 3. The minimum Gasteiger partial charge on any atom is -0.309 e. The molecule has 0 amide bonds. The molecule has 92 heavy (non-hydrogen) atoms. The normalized spacial score (nSPS) is 12.3. The van der Waals surface area contributed by atoms with Crippen molar-refractivity contribution >= 4 is 105 Å². The largest absolute Gasteiger partial charge is 0.309 e. The number of para-hydroxylation sites is 3. The lowest BCUT2D eigenvalue weighted by Gasteiger charge is -2.36. The van der Waals surface area contributed by atoms with Gasteiger partial charge in [0.2, 0.25) is 0 Å². The maximum atomic E-state index is 2.63. The molecule has 0 fully saturated rings. The van der Waals surface area contributed by atoms with Gasteiger partial charge in [-0.05, 0) is 116 Å². The van der Waals surface area contributed by atoms with Crippen molar-refractivity contribution in [1.82, 2.24) is 0 Å². The van der Waals surface area contributed by atoms with Crippen molar-refractivity contribution in [3.8, 4) is 44.5 Å². The predicted octanol–water partition coefficient (Wildman–Crippen LogP) is 25.2. The molecule has 0 atom stereocenters. The van der Waals surface area contributed by atoms with Crippen LogP contribution >= 0.6 is 0 Å². The van der Waals surface area contributed by atoms with E-state index in [2.05, 4.69) is 374 Å². The van der Waals surface area contributed by atoms with Gasteiger partial charge in [0, 0.05) is 65.5 Å². The third-order valence-corrected chi connectivity index (χ3v) is 19.2. The average Bonchev–Trinajstić information content (AvgIpc) is 1.24. The zero-order valence-electron chi connectivity index (χ0n) is 51.3. The highest BCUT2D eigenvalue weighted by Crippen LogP contribution is 2.59. The second kappa shape index (κ2) is 22.4. The number of rotatable bonds is 12. The van der Waals surface area contributed by atoms with Crippen molar-refractivity contribution in [2.45, 2.75) is 19.3 Å². The summed E-state index contributed by atoms with van der Waals surface area (Å²) in [7, 11) is 0. The maximum Gasteiger partial charge on any atom is 0.0621 e. The molecule has 0 heterocycles. The van der Waals surface area contributed by atoms with Crippen LogP contribution in [-0.2, 0) is 5.41 Å². The van der Waals surface area contributed by atoms with Gasteiger partial charge in [0.15, 0.2) is 0 Å². The zero-order valence-corrected chi connectivity index (χ0v) is 51.3. The Morgan fingerprint density at radius 1 is 0.207 bits per heavy atom. The quantitative estimate of drug-likeness (QED) is 0.0892. The van der Waals surface area contributed by atoms with Gasteiger partial charge in [-0.1, -0.05) is 299 Å². The van der Waals surface area contributed by atoms with Crippen LogP contribution in [0.25, 0.3) is 98.4 Å². The van der Waals surface area contributed by atoms with Crippen LogP contribution in [0.15, 0.2) is 346 Å². The minimum atomic E-state index is -0.330. The van der Waals surface area contributed by atoms with Crippen LogP contribution in [0, 0.1) is 0 Å². The molecule has 16 aromatic carbocycles. The molecule has 17 rings (SSSR count). The molecule has 0 unspecified atom stereocenters. The number of benzene rings is 16. The first kappa shape index (κ1) is 54.4. The Morgan fingerprint density at radius 3 is 1.02 bits per heavy atom. The summed E-state index contributed by atoms with van der Waals surface area (Å²) in [6.07, 6.45) is 0. The Labute approximate surface area is 537 Å². The van der Waals surface area contributed by atoms with Crippen LogP contribution in [0.3, 0.4) is 0 Å². The maximum absolute atomic E-state index is 2.63. The van der Waals surface area contributed by atoms with E-state index in [4.69, 9.17) is 0 Å².